The summed E-state index contributed by atoms with van der Waals surface area (Å²) in [6.07, 6.45) is -0.0335. The molecule has 1 atom stereocenters. The van der Waals surface area contributed by atoms with Crippen LogP contribution in [0.3, 0.4) is 0 Å². The highest BCUT2D eigenvalue weighted by molar-refractivity contribution is 5.80. The maximum Gasteiger partial charge on any atom is 0.310 e. The Hall–Kier alpha value is -1.57. The molecule has 0 amide bonds. The molecule has 1 unspecified atom stereocenters. The third-order valence-corrected chi connectivity index (χ3v) is 1.81. The normalized spacial score (nSPS) is 12.4. The molecule has 0 heterocycles. The zero-order chi connectivity index (χ0) is 12.8. The molecule has 0 spiro atoms. The van der Waals surface area contributed by atoms with Gasteiger partial charge in [-0.25, -0.2) is 0 Å². The zero-order valence-electron chi connectivity index (χ0n) is 10.1. The average molecular weight is 227 g/mol. The van der Waals surface area contributed by atoms with E-state index in [-0.39, 0.29) is 13.0 Å². The lowest BCUT2D eigenvalue weighted by molar-refractivity contribution is -0.160. The number of carbonyl (C=O) groups is 2. The molecule has 0 aromatic rings. The standard InChI is InChI=1S/C11H17NO4/c1-5-15-9(13)6-8(2)10(14)16-11(3,4)7-12/h8H,5-6H2,1-4H3. The number of carbonyl (C=O) groups excluding carboxylic acids is 2. The minimum Gasteiger partial charge on any atom is -0.466 e. The molecule has 0 rings (SSSR count). The van der Waals surface area contributed by atoms with Crippen LogP contribution >= 0.6 is 0 Å². The third kappa shape index (κ3) is 5.35. The van der Waals surface area contributed by atoms with E-state index in [1.54, 1.807) is 13.8 Å². The summed E-state index contributed by atoms with van der Waals surface area (Å²) in [5, 5.41) is 8.67. The first-order valence-electron chi connectivity index (χ1n) is 5.12. The lowest BCUT2D eigenvalue weighted by Crippen LogP contribution is -2.30. The molecule has 0 aromatic heterocycles. The van der Waals surface area contributed by atoms with Gasteiger partial charge in [0.2, 0.25) is 0 Å². The number of nitriles is 1. The van der Waals surface area contributed by atoms with Crippen molar-refractivity contribution in [1.82, 2.24) is 0 Å². The molecule has 0 radical (unpaired) electrons. The van der Waals surface area contributed by atoms with Crippen molar-refractivity contribution in [2.75, 3.05) is 6.61 Å². The Bertz CT molecular complexity index is 304. The fourth-order valence-electron chi connectivity index (χ4n) is 0.928. The number of hydrogen-bond donors (Lipinski definition) is 0. The van der Waals surface area contributed by atoms with Crippen LogP contribution in [0.4, 0.5) is 0 Å². The molecule has 5 heteroatoms. The van der Waals surface area contributed by atoms with Crippen LogP contribution in [-0.2, 0) is 19.1 Å². The van der Waals surface area contributed by atoms with Gasteiger partial charge >= 0.3 is 11.9 Å². The van der Waals surface area contributed by atoms with Gasteiger partial charge in [-0.1, -0.05) is 6.92 Å². The summed E-state index contributed by atoms with van der Waals surface area (Å²) in [6.45, 7) is 6.51. The second-order valence-electron chi connectivity index (χ2n) is 3.95. The first-order valence-corrected chi connectivity index (χ1v) is 5.12. The molecule has 5 nitrogen and oxygen atoms in total. The smallest absolute Gasteiger partial charge is 0.310 e. The Labute approximate surface area is 95.3 Å². The summed E-state index contributed by atoms with van der Waals surface area (Å²) in [6, 6.07) is 1.85. The first kappa shape index (κ1) is 14.4. The van der Waals surface area contributed by atoms with Crippen LogP contribution in [0.2, 0.25) is 0 Å². The largest absolute Gasteiger partial charge is 0.466 e. The van der Waals surface area contributed by atoms with Crippen molar-refractivity contribution in [3.05, 3.63) is 0 Å². The van der Waals surface area contributed by atoms with Crippen molar-refractivity contribution >= 4 is 11.9 Å². The van der Waals surface area contributed by atoms with E-state index in [4.69, 9.17) is 14.7 Å². The van der Waals surface area contributed by atoms with Crippen molar-refractivity contribution < 1.29 is 19.1 Å². The maximum atomic E-state index is 11.5. The van der Waals surface area contributed by atoms with Crippen LogP contribution in [0.25, 0.3) is 0 Å². The van der Waals surface area contributed by atoms with Crippen molar-refractivity contribution in [2.45, 2.75) is 39.7 Å². The fourth-order valence-corrected chi connectivity index (χ4v) is 0.928. The summed E-state index contributed by atoms with van der Waals surface area (Å²) in [4.78, 5) is 22.6. The molecule has 0 aromatic carbocycles. The Kier molecular flexibility index (Phi) is 5.51. The van der Waals surface area contributed by atoms with E-state index in [9.17, 15) is 9.59 Å². The van der Waals surface area contributed by atoms with Crippen molar-refractivity contribution in [2.24, 2.45) is 5.92 Å². The molecule has 0 fully saturated rings. The van der Waals surface area contributed by atoms with Crippen LogP contribution < -0.4 is 0 Å². The summed E-state index contributed by atoms with van der Waals surface area (Å²) in [5.41, 5.74) is -1.17. The fraction of sp³-hybridized carbons (Fsp3) is 0.727. The van der Waals surface area contributed by atoms with E-state index in [1.165, 1.54) is 13.8 Å². The second kappa shape index (κ2) is 6.11. The molecule has 0 N–H and O–H groups in total. The molecule has 0 aliphatic heterocycles. The van der Waals surface area contributed by atoms with Gasteiger partial charge in [-0.2, -0.15) is 5.26 Å². The third-order valence-electron chi connectivity index (χ3n) is 1.81. The van der Waals surface area contributed by atoms with Gasteiger partial charge in [-0.05, 0) is 20.8 Å². The van der Waals surface area contributed by atoms with Gasteiger partial charge in [0.25, 0.3) is 0 Å². The van der Waals surface area contributed by atoms with Crippen LogP contribution in [0.5, 0.6) is 0 Å². The van der Waals surface area contributed by atoms with E-state index < -0.39 is 23.5 Å². The predicted octanol–water partition coefficient (Wildman–Crippen LogP) is 1.42. The number of ether oxygens (including phenoxy) is 2. The van der Waals surface area contributed by atoms with E-state index >= 15 is 0 Å². The Morgan fingerprint density at radius 2 is 2.00 bits per heavy atom. The molecule has 0 bridgehead atoms. The maximum absolute atomic E-state index is 11.5. The Balaban J connectivity index is 4.21. The number of nitrogens with zero attached hydrogens (tertiary/aromatic N) is 1. The lowest BCUT2D eigenvalue weighted by atomic mass is 10.1. The first-order chi connectivity index (χ1) is 7.32. The second-order valence-corrected chi connectivity index (χ2v) is 3.95. The quantitative estimate of drug-likeness (QED) is 0.664. The van der Waals surface area contributed by atoms with Crippen molar-refractivity contribution in [3.63, 3.8) is 0 Å². The van der Waals surface area contributed by atoms with E-state index in [2.05, 4.69) is 0 Å². The van der Waals surface area contributed by atoms with E-state index in [1.807, 2.05) is 6.07 Å². The van der Waals surface area contributed by atoms with Crippen LogP contribution in [0.15, 0.2) is 0 Å². The van der Waals surface area contributed by atoms with Crippen LogP contribution in [0, 0.1) is 17.2 Å². The summed E-state index contributed by atoms with van der Waals surface area (Å²) < 4.78 is 9.63. The summed E-state index contributed by atoms with van der Waals surface area (Å²) in [7, 11) is 0. The highest BCUT2D eigenvalue weighted by Crippen LogP contribution is 2.13. The predicted molar refractivity (Wildman–Crippen MR) is 56.2 cm³/mol. The van der Waals surface area contributed by atoms with Gasteiger partial charge in [0.05, 0.1) is 18.9 Å². The lowest BCUT2D eigenvalue weighted by Gasteiger charge is -2.19. The summed E-state index contributed by atoms with van der Waals surface area (Å²) >= 11 is 0. The number of esters is 2. The molecule has 0 aliphatic rings. The Morgan fingerprint density at radius 1 is 1.44 bits per heavy atom. The molecular weight excluding hydrogens is 210 g/mol. The molecule has 0 saturated carbocycles. The molecule has 0 saturated heterocycles. The van der Waals surface area contributed by atoms with Crippen LogP contribution in [-0.4, -0.2) is 24.1 Å². The molecule has 90 valence electrons. The van der Waals surface area contributed by atoms with Gasteiger partial charge in [0.1, 0.15) is 6.07 Å². The minimum atomic E-state index is -1.17. The molecule has 16 heavy (non-hydrogen) atoms. The van der Waals surface area contributed by atoms with E-state index in [0.29, 0.717) is 0 Å². The van der Waals surface area contributed by atoms with Crippen molar-refractivity contribution in [3.8, 4) is 6.07 Å². The number of hydrogen-bond acceptors (Lipinski definition) is 5. The highest BCUT2D eigenvalue weighted by Gasteiger charge is 2.27. The minimum absolute atomic E-state index is 0.0335. The molecule has 0 aliphatic carbocycles. The summed E-state index contributed by atoms with van der Waals surface area (Å²) in [5.74, 6) is -1.62. The number of rotatable bonds is 5. The average Bonchev–Trinajstić information content (AvgIpc) is 2.17. The Morgan fingerprint density at radius 3 is 2.44 bits per heavy atom. The zero-order valence-corrected chi connectivity index (χ0v) is 10.1. The van der Waals surface area contributed by atoms with Gasteiger partial charge in [-0.15, -0.1) is 0 Å². The van der Waals surface area contributed by atoms with Gasteiger partial charge < -0.3 is 9.47 Å². The SMILES string of the molecule is CCOC(=O)CC(C)C(=O)OC(C)(C)C#N. The monoisotopic (exact) mass is 227 g/mol. The molecular formula is C11H17NO4. The topological polar surface area (TPSA) is 76.4 Å². The van der Waals surface area contributed by atoms with Crippen molar-refractivity contribution in [1.29, 1.82) is 5.26 Å². The van der Waals surface area contributed by atoms with Gasteiger partial charge in [0, 0.05) is 0 Å². The van der Waals surface area contributed by atoms with Crippen LogP contribution in [0.1, 0.15) is 34.1 Å². The van der Waals surface area contributed by atoms with Gasteiger partial charge in [0.15, 0.2) is 5.60 Å². The van der Waals surface area contributed by atoms with E-state index in [0.717, 1.165) is 0 Å². The van der Waals surface area contributed by atoms with Gasteiger partial charge in [-0.3, -0.25) is 9.59 Å². The highest BCUT2D eigenvalue weighted by atomic mass is 16.6.